The zero-order chi connectivity index (χ0) is 11.3. The van der Waals surface area contributed by atoms with Gasteiger partial charge in [-0.1, -0.05) is 0 Å². The molecule has 0 saturated carbocycles. The minimum Gasteiger partial charge on any atom is -0.370 e. The SMILES string of the molecule is CCN(CC)C(N)=NCc1ccc(Br)s1.I. The van der Waals surface area contributed by atoms with E-state index in [1.54, 1.807) is 11.3 Å². The molecule has 0 aliphatic rings. The van der Waals surface area contributed by atoms with Crippen molar-refractivity contribution in [2.24, 2.45) is 10.7 Å². The first-order valence-electron chi connectivity index (χ1n) is 4.96. The summed E-state index contributed by atoms with van der Waals surface area (Å²) >= 11 is 5.12. The molecule has 1 rings (SSSR count). The molecule has 0 atom stereocenters. The van der Waals surface area contributed by atoms with Gasteiger partial charge in [0.1, 0.15) is 0 Å². The quantitative estimate of drug-likeness (QED) is 0.464. The predicted octanol–water partition coefficient (Wildman–Crippen LogP) is 3.29. The molecule has 0 aromatic carbocycles. The molecule has 6 heteroatoms. The molecule has 1 aromatic rings. The van der Waals surface area contributed by atoms with Crippen LogP contribution in [0.25, 0.3) is 0 Å². The summed E-state index contributed by atoms with van der Waals surface area (Å²) in [6.45, 7) is 6.62. The van der Waals surface area contributed by atoms with Crippen LogP contribution in [0.3, 0.4) is 0 Å². The summed E-state index contributed by atoms with van der Waals surface area (Å²) in [5.74, 6) is 0.629. The lowest BCUT2D eigenvalue weighted by Crippen LogP contribution is -2.36. The molecule has 0 spiro atoms. The Hall–Kier alpha value is 0.180. The highest BCUT2D eigenvalue weighted by atomic mass is 127. The van der Waals surface area contributed by atoms with Crippen LogP contribution in [0, 0.1) is 0 Å². The Balaban J connectivity index is 0.00000225. The third-order valence-electron chi connectivity index (χ3n) is 2.11. The van der Waals surface area contributed by atoms with Gasteiger partial charge in [-0.25, -0.2) is 4.99 Å². The number of hydrogen-bond donors (Lipinski definition) is 1. The Morgan fingerprint density at radius 1 is 1.44 bits per heavy atom. The molecule has 0 unspecified atom stereocenters. The number of rotatable bonds is 4. The Kier molecular flexibility index (Phi) is 8.39. The Morgan fingerprint density at radius 3 is 2.50 bits per heavy atom. The predicted molar refractivity (Wildman–Crippen MR) is 85.7 cm³/mol. The summed E-state index contributed by atoms with van der Waals surface area (Å²) in [6.07, 6.45) is 0. The third-order valence-corrected chi connectivity index (χ3v) is 3.72. The fourth-order valence-electron chi connectivity index (χ4n) is 1.24. The lowest BCUT2D eigenvalue weighted by Gasteiger charge is -2.19. The average molecular weight is 418 g/mol. The highest BCUT2D eigenvalue weighted by Crippen LogP contribution is 2.22. The zero-order valence-electron chi connectivity index (χ0n) is 9.44. The van der Waals surface area contributed by atoms with Gasteiger partial charge in [-0.05, 0) is 41.9 Å². The molecular weight excluding hydrogens is 401 g/mol. The molecule has 1 aromatic heterocycles. The Bertz CT molecular complexity index is 337. The molecule has 92 valence electrons. The van der Waals surface area contributed by atoms with E-state index >= 15 is 0 Å². The van der Waals surface area contributed by atoms with Crippen molar-refractivity contribution in [3.05, 3.63) is 20.8 Å². The van der Waals surface area contributed by atoms with Gasteiger partial charge in [-0.15, -0.1) is 35.3 Å². The first-order valence-corrected chi connectivity index (χ1v) is 6.57. The smallest absolute Gasteiger partial charge is 0.191 e. The van der Waals surface area contributed by atoms with Crippen molar-refractivity contribution < 1.29 is 0 Å². The van der Waals surface area contributed by atoms with E-state index in [2.05, 4.69) is 40.8 Å². The summed E-state index contributed by atoms with van der Waals surface area (Å²) in [6, 6.07) is 4.09. The number of thiophene rings is 1. The maximum Gasteiger partial charge on any atom is 0.191 e. The van der Waals surface area contributed by atoms with Gasteiger partial charge in [0, 0.05) is 18.0 Å². The third kappa shape index (κ3) is 5.01. The topological polar surface area (TPSA) is 41.6 Å². The lowest BCUT2D eigenvalue weighted by molar-refractivity contribution is 0.458. The normalized spacial score (nSPS) is 11.1. The molecule has 1 heterocycles. The lowest BCUT2D eigenvalue weighted by atomic mass is 10.5. The van der Waals surface area contributed by atoms with Crippen LogP contribution in [0.5, 0.6) is 0 Å². The van der Waals surface area contributed by atoms with E-state index in [4.69, 9.17) is 5.73 Å². The van der Waals surface area contributed by atoms with Crippen LogP contribution >= 0.6 is 51.2 Å². The Morgan fingerprint density at radius 2 is 2.06 bits per heavy atom. The van der Waals surface area contributed by atoms with Gasteiger partial charge in [-0.3, -0.25) is 0 Å². The van der Waals surface area contributed by atoms with Crippen LogP contribution in [-0.4, -0.2) is 23.9 Å². The number of guanidine groups is 1. The molecule has 3 nitrogen and oxygen atoms in total. The molecular formula is C10H17BrIN3S. The highest BCUT2D eigenvalue weighted by Gasteiger charge is 2.02. The van der Waals surface area contributed by atoms with Crippen LogP contribution in [0.1, 0.15) is 18.7 Å². The second-order valence-corrected chi connectivity index (χ2v) is 5.60. The number of halogens is 2. The van der Waals surface area contributed by atoms with Crippen molar-refractivity contribution >= 4 is 57.2 Å². The van der Waals surface area contributed by atoms with Crippen molar-refractivity contribution in [1.82, 2.24) is 4.90 Å². The van der Waals surface area contributed by atoms with Crippen molar-refractivity contribution in [2.75, 3.05) is 13.1 Å². The van der Waals surface area contributed by atoms with Gasteiger partial charge in [0.2, 0.25) is 0 Å². The summed E-state index contributed by atoms with van der Waals surface area (Å²) in [4.78, 5) is 7.62. The van der Waals surface area contributed by atoms with Crippen molar-refractivity contribution in [3.63, 3.8) is 0 Å². The average Bonchev–Trinajstić information content (AvgIpc) is 2.63. The van der Waals surface area contributed by atoms with Gasteiger partial charge in [0.05, 0.1) is 10.3 Å². The first kappa shape index (κ1) is 16.2. The van der Waals surface area contributed by atoms with E-state index in [9.17, 15) is 0 Å². The summed E-state index contributed by atoms with van der Waals surface area (Å²) in [5, 5.41) is 0. The fraction of sp³-hybridized carbons (Fsp3) is 0.500. The van der Waals surface area contributed by atoms with Crippen LogP contribution in [0.2, 0.25) is 0 Å². The molecule has 0 bridgehead atoms. The van der Waals surface area contributed by atoms with Crippen molar-refractivity contribution in [1.29, 1.82) is 0 Å². The monoisotopic (exact) mass is 417 g/mol. The van der Waals surface area contributed by atoms with E-state index in [1.807, 2.05) is 11.0 Å². The Labute approximate surface area is 126 Å². The van der Waals surface area contributed by atoms with Crippen LogP contribution in [-0.2, 0) is 6.54 Å². The summed E-state index contributed by atoms with van der Waals surface area (Å²) in [7, 11) is 0. The van der Waals surface area contributed by atoms with Gasteiger partial charge in [0.15, 0.2) is 5.96 Å². The molecule has 2 N–H and O–H groups in total. The molecule has 16 heavy (non-hydrogen) atoms. The maximum absolute atomic E-state index is 5.86. The molecule has 0 radical (unpaired) electrons. The molecule has 0 fully saturated rings. The second-order valence-electron chi connectivity index (χ2n) is 3.05. The summed E-state index contributed by atoms with van der Waals surface area (Å²) in [5.41, 5.74) is 5.86. The highest BCUT2D eigenvalue weighted by molar-refractivity contribution is 14.0. The number of hydrogen-bond acceptors (Lipinski definition) is 2. The molecule has 0 amide bonds. The molecule has 0 aliphatic carbocycles. The molecule has 0 aliphatic heterocycles. The minimum absolute atomic E-state index is 0. The minimum atomic E-state index is 0. The van der Waals surface area contributed by atoms with Gasteiger partial charge in [-0.2, -0.15) is 0 Å². The summed E-state index contributed by atoms with van der Waals surface area (Å²) < 4.78 is 1.13. The van der Waals surface area contributed by atoms with Crippen molar-refractivity contribution in [2.45, 2.75) is 20.4 Å². The van der Waals surface area contributed by atoms with Gasteiger partial charge in [0.25, 0.3) is 0 Å². The van der Waals surface area contributed by atoms with Gasteiger partial charge >= 0.3 is 0 Å². The van der Waals surface area contributed by atoms with Crippen LogP contribution < -0.4 is 5.73 Å². The van der Waals surface area contributed by atoms with E-state index in [0.717, 1.165) is 16.9 Å². The van der Waals surface area contributed by atoms with E-state index in [0.29, 0.717) is 12.5 Å². The van der Waals surface area contributed by atoms with Crippen LogP contribution in [0.4, 0.5) is 0 Å². The standard InChI is InChI=1S/C10H16BrN3S.HI/c1-3-14(4-2)10(12)13-7-8-5-6-9(11)15-8;/h5-6H,3-4,7H2,1-2H3,(H2,12,13);1H. The van der Waals surface area contributed by atoms with Crippen molar-refractivity contribution in [3.8, 4) is 0 Å². The largest absolute Gasteiger partial charge is 0.370 e. The number of nitrogens with two attached hydrogens (primary N) is 1. The zero-order valence-corrected chi connectivity index (χ0v) is 14.2. The second kappa shape index (κ2) is 8.30. The first-order chi connectivity index (χ1) is 7.17. The van der Waals surface area contributed by atoms with Crippen LogP contribution in [0.15, 0.2) is 20.9 Å². The van der Waals surface area contributed by atoms with E-state index < -0.39 is 0 Å². The van der Waals surface area contributed by atoms with E-state index in [-0.39, 0.29) is 24.0 Å². The number of nitrogens with zero attached hydrogens (tertiary/aromatic N) is 2. The van der Waals surface area contributed by atoms with Gasteiger partial charge < -0.3 is 10.6 Å². The fourth-order valence-corrected chi connectivity index (χ4v) is 2.65. The molecule has 0 saturated heterocycles. The maximum atomic E-state index is 5.86. The van der Waals surface area contributed by atoms with E-state index in [1.165, 1.54) is 4.88 Å². The number of aliphatic imine (C=N–C) groups is 1.